The number of carboxylic acids is 1. The van der Waals surface area contributed by atoms with E-state index in [1.807, 2.05) is 0 Å². The van der Waals surface area contributed by atoms with Gasteiger partial charge in [0, 0.05) is 12.1 Å². The molecule has 7 nitrogen and oxygen atoms in total. The molecule has 0 atom stereocenters. The van der Waals surface area contributed by atoms with E-state index >= 15 is 0 Å². The number of benzene rings is 1. The van der Waals surface area contributed by atoms with Crippen LogP contribution in [0.2, 0.25) is 5.02 Å². The fraction of sp³-hybridized carbons (Fsp3) is 0.500. The largest absolute Gasteiger partial charge is 0.480 e. The predicted molar refractivity (Wildman–Crippen MR) is 88.2 cm³/mol. The topological polar surface area (TPSA) is 110 Å². The number of carboxylic acid groups (broad SMARTS) is 1. The Labute approximate surface area is 144 Å². The van der Waals surface area contributed by atoms with Crippen LogP contribution in [0.15, 0.2) is 18.2 Å². The average Bonchev–Trinajstić information content (AvgIpc) is 2.55. The smallest absolute Gasteiger partial charge is 0.329 e. The fourth-order valence-corrected chi connectivity index (χ4v) is 3.32. The lowest BCUT2D eigenvalue weighted by molar-refractivity contribution is -0.384. The zero-order valence-electron chi connectivity index (χ0n) is 13.3. The lowest BCUT2D eigenvalue weighted by Crippen LogP contribution is -2.56. The molecule has 0 radical (unpaired) electrons. The first kappa shape index (κ1) is 18.2. The molecule has 130 valence electrons. The Hall–Kier alpha value is -2.15. The number of carbonyl (C=O) groups is 2. The summed E-state index contributed by atoms with van der Waals surface area (Å²) in [4.78, 5) is 34.3. The zero-order chi connectivity index (χ0) is 17.9. The van der Waals surface area contributed by atoms with Crippen molar-refractivity contribution >= 4 is 29.2 Å². The first-order chi connectivity index (χ1) is 11.3. The van der Waals surface area contributed by atoms with Gasteiger partial charge in [0.25, 0.3) is 11.6 Å². The van der Waals surface area contributed by atoms with Crippen molar-refractivity contribution in [1.82, 2.24) is 5.32 Å². The molecule has 0 unspecified atom stereocenters. The summed E-state index contributed by atoms with van der Waals surface area (Å²) in [5.74, 6) is -1.23. The quantitative estimate of drug-likeness (QED) is 0.622. The Bertz CT molecular complexity index is 668. The van der Waals surface area contributed by atoms with E-state index in [1.54, 1.807) is 0 Å². The van der Waals surface area contributed by atoms with Crippen LogP contribution in [0.25, 0.3) is 0 Å². The minimum absolute atomic E-state index is 0.0282. The first-order valence-corrected chi connectivity index (χ1v) is 8.16. The molecule has 1 saturated carbocycles. The molecule has 0 aliphatic heterocycles. The van der Waals surface area contributed by atoms with Gasteiger partial charge in [0.1, 0.15) is 5.54 Å². The highest BCUT2D eigenvalue weighted by molar-refractivity contribution is 6.34. The number of nitro groups is 1. The van der Waals surface area contributed by atoms with Crippen molar-refractivity contribution in [3.8, 4) is 0 Å². The van der Waals surface area contributed by atoms with Gasteiger partial charge in [-0.05, 0) is 37.7 Å². The normalized spacial score (nSPS) is 23.5. The van der Waals surface area contributed by atoms with Gasteiger partial charge in [0.05, 0.1) is 15.5 Å². The van der Waals surface area contributed by atoms with E-state index < -0.39 is 22.3 Å². The van der Waals surface area contributed by atoms with Crippen molar-refractivity contribution in [3.63, 3.8) is 0 Å². The number of rotatable bonds is 5. The van der Waals surface area contributed by atoms with Crippen LogP contribution in [-0.4, -0.2) is 27.4 Å². The van der Waals surface area contributed by atoms with E-state index in [0.29, 0.717) is 18.8 Å². The van der Waals surface area contributed by atoms with Crippen LogP contribution in [0.5, 0.6) is 0 Å². The monoisotopic (exact) mass is 354 g/mol. The molecule has 0 heterocycles. The Morgan fingerprint density at radius 3 is 2.50 bits per heavy atom. The van der Waals surface area contributed by atoms with Crippen molar-refractivity contribution in [3.05, 3.63) is 38.9 Å². The Morgan fingerprint density at radius 1 is 1.42 bits per heavy atom. The standard InChI is InChI=1S/C16H19ClN2O5/c1-2-10-5-7-16(8-6-10,15(21)22)18-14(20)12-4-3-11(19(23)24)9-13(12)17/h3-4,9-10H,2,5-8H2,1H3,(H,18,20)(H,21,22). The molecule has 0 aromatic heterocycles. The number of amides is 1. The van der Waals surface area contributed by atoms with Gasteiger partial charge < -0.3 is 10.4 Å². The molecule has 0 saturated heterocycles. The van der Waals surface area contributed by atoms with Crippen molar-refractivity contribution < 1.29 is 19.6 Å². The van der Waals surface area contributed by atoms with Crippen LogP contribution in [-0.2, 0) is 4.79 Å². The summed E-state index contributed by atoms with van der Waals surface area (Å²) in [6.45, 7) is 2.06. The maximum absolute atomic E-state index is 12.4. The van der Waals surface area contributed by atoms with Crippen molar-refractivity contribution in [2.45, 2.75) is 44.6 Å². The maximum Gasteiger partial charge on any atom is 0.329 e. The Kier molecular flexibility index (Phi) is 5.43. The lowest BCUT2D eigenvalue weighted by Gasteiger charge is -2.37. The second-order valence-electron chi connectivity index (χ2n) is 6.11. The molecule has 0 bridgehead atoms. The van der Waals surface area contributed by atoms with Crippen LogP contribution in [0.3, 0.4) is 0 Å². The molecule has 2 rings (SSSR count). The minimum atomic E-state index is -1.31. The summed E-state index contributed by atoms with van der Waals surface area (Å²) < 4.78 is 0. The summed E-state index contributed by atoms with van der Waals surface area (Å²) in [6, 6.07) is 3.49. The second kappa shape index (κ2) is 7.17. The Morgan fingerprint density at radius 2 is 2.04 bits per heavy atom. The second-order valence-corrected chi connectivity index (χ2v) is 6.52. The highest BCUT2D eigenvalue weighted by atomic mass is 35.5. The predicted octanol–water partition coefficient (Wildman–Crippen LogP) is 3.40. The molecule has 1 aliphatic rings. The maximum atomic E-state index is 12.4. The van der Waals surface area contributed by atoms with Gasteiger partial charge >= 0.3 is 5.97 Å². The van der Waals surface area contributed by atoms with Gasteiger partial charge in [-0.15, -0.1) is 0 Å². The van der Waals surface area contributed by atoms with Gasteiger partial charge in [0.15, 0.2) is 0 Å². The number of non-ortho nitro benzene ring substituents is 1. The third-order valence-electron chi connectivity index (χ3n) is 4.71. The van der Waals surface area contributed by atoms with Crippen LogP contribution < -0.4 is 5.32 Å². The van der Waals surface area contributed by atoms with Crippen molar-refractivity contribution in [2.24, 2.45) is 5.92 Å². The SMILES string of the molecule is CCC1CCC(NC(=O)c2ccc([N+](=O)[O-])cc2Cl)(C(=O)O)CC1. The summed E-state index contributed by atoms with van der Waals surface area (Å²) in [5.41, 5.74) is -1.51. The number of nitrogens with one attached hydrogen (secondary N) is 1. The first-order valence-electron chi connectivity index (χ1n) is 7.79. The molecular weight excluding hydrogens is 336 g/mol. The van der Waals surface area contributed by atoms with Gasteiger partial charge in [-0.2, -0.15) is 0 Å². The van der Waals surface area contributed by atoms with Crippen LogP contribution >= 0.6 is 11.6 Å². The van der Waals surface area contributed by atoms with Crippen LogP contribution in [0, 0.1) is 16.0 Å². The number of aliphatic carboxylic acids is 1. The molecule has 1 amide bonds. The number of nitrogens with zero attached hydrogens (tertiary/aromatic N) is 1. The van der Waals surface area contributed by atoms with Gasteiger partial charge in [-0.25, -0.2) is 4.79 Å². The third-order valence-corrected chi connectivity index (χ3v) is 5.02. The average molecular weight is 355 g/mol. The molecule has 0 spiro atoms. The molecular formula is C16H19ClN2O5. The zero-order valence-corrected chi connectivity index (χ0v) is 14.0. The van der Waals surface area contributed by atoms with E-state index in [2.05, 4.69) is 12.2 Å². The third kappa shape index (κ3) is 3.67. The van der Waals surface area contributed by atoms with E-state index in [4.69, 9.17) is 11.6 Å². The lowest BCUT2D eigenvalue weighted by atomic mass is 9.75. The van der Waals surface area contributed by atoms with Crippen LogP contribution in [0.4, 0.5) is 5.69 Å². The van der Waals surface area contributed by atoms with Gasteiger partial charge in [-0.1, -0.05) is 24.9 Å². The minimum Gasteiger partial charge on any atom is -0.480 e. The van der Waals surface area contributed by atoms with E-state index in [1.165, 1.54) is 12.1 Å². The van der Waals surface area contributed by atoms with Crippen molar-refractivity contribution in [2.75, 3.05) is 0 Å². The highest BCUT2D eigenvalue weighted by Crippen LogP contribution is 2.34. The number of hydrogen-bond acceptors (Lipinski definition) is 4. The highest BCUT2D eigenvalue weighted by Gasteiger charge is 2.43. The van der Waals surface area contributed by atoms with E-state index in [0.717, 1.165) is 25.3 Å². The number of halogens is 1. The Balaban J connectivity index is 2.20. The van der Waals surface area contributed by atoms with Gasteiger partial charge in [0.2, 0.25) is 0 Å². The molecule has 1 aromatic rings. The molecule has 1 aliphatic carbocycles. The van der Waals surface area contributed by atoms with Crippen LogP contribution in [0.1, 0.15) is 49.4 Å². The van der Waals surface area contributed by atoms with E-state index in [9.17, 15) is 24.8 Å². The number of hydrogen-bond donors (Lipinski definition) is 2. The van der Waals surface area contributed by atoms with Gasteiger partial charge in [-0.3, -0.25) is 14.9 Å². The summed E-state index contributed by atoms with van der Waals surface area (Å²) in [5, 5.41) is 22.8. The molecule has 8 heteroatoms. The molecule has 1 fully saturated rings. The fourth-order valence-electron chi connectivity index (χ4n) is 3.06. The number of carbonyl (C=O) groups excluding carboxylic acids is 1. The summed E-state index contributed by atoms with van der Waals surface area (Å²) >= 11 is 5.94. The molecule has 1 aromatic carbocycles. The summed E-state index contributed by atoms with van der Waals surface area (Å²) in [6.07, 6.45) is 3.17. The molecule has 2 N–H and O–H groups in total. The number of nitro benzene ring substituents is 1. The van der Waals surface area contributed by atoms with E-state index in [-0.39, 0.29) is 16.3 Å². The molecule has 24 heavy (non-hydrogen) atoms. The summed E-state index contributed by atoms with van der Waals surface area (Å²) in [7, 11) is 0. The van der Waals surface area contributed by atoms with Crippen molar-refractivity contribution in [1.29, 1.82) is 0 Å².